The Morgan fingerprint density at radius 3 is 2.43 bits per heavy atom. The fourth-order valence-electron chi connectivity index (χ4n) is 0.207. The molecule has 0 aromatic heterocycles. The fraction of sp³-hybridized carbons (Fsp3) is 0.286. The Kier molecular flexibility index (Phi) is 4.48. The summed E-state index contributed by atoms with van der Waals surface area (Å²) in [5.41, 5.74) is 0. The molecule has 0 amide bonds. The molecular weight excluding hydrogens is 84.1 g/mol. The van der Waals surface area contributed by atoms with Crippen molar-refractivity contribution in [2.75, 3.05) is 0 Å². The first-order valence-electron chi connectivity index (χ1n) is 2.03. The first-order valence-corrected chi connectivity index (χ1v) is 2.03. The minimum Gasteiger partial charge on any atom is -0.120 e. The van der Waals surface area contributed by atoms with Crippen molar-refractivity contribution in [2.45, 2.75) is 12.8 Å². The van der Waals surface area contributed by atoms with Crippen molar-refractivity contribution in [3.05, 3.63) is 6.92 Å². The zero-order valence-corrected chi connectivity index (χ0v) is 4.07. The van der Waals surface area contributed by atoms with Gasteiger partial charge in [-0.3, -0.25) is 0 Å². The molecule has 0 saturated carbocycles. The molecule has 0 nitrogen and oxygen atoms in total. The molecule has 2 radical (unpaired) electrons. The van der Waals surface area contributed by atoms with E-state index >= 15 is 0 Å². The van der Waals surface area contributed by atoms with E-state index in [2.05, 4.69) is 17.8 Å². The molecule has 0 saturated heterocycles. The average Bonchev–Trinajstić information content (AvgIpc) is 1.69. The maximum atomic E-state index is 4.91. The Morgan fingerprint density at radius 2 is 2.00 bits per heavy atom. The van der Waals surface area contributed by atoms with E-state index in [1.54, 1.807) is 0 Å². The molecule has 0 spiro atoms. The molecule has 0 bridgehead atoms. The van der Waals surface area contributed by atoms with Crippen LogP contribution < -0.4 is 0 Å². The molecule has 0 N–H and O–H groups in total. The smallest absolute Gasteiger partial charge is 0.0503 e. The van der Waals surface area contributed by atoms with Crippen LogP contribution in [0.15, 0.2) is 0 Å². The largest absolute Gasteiger partial charge is 0.120 e. The highest BCUT2D eigenvalue weighted by atomic mass is 13.7. The van der Waals surface area contributed by atoms with Gasteiger partial charge in [0, 0.05) is 12.8 Å². The Bertz CT molecular complexity index is 115. The van der Waals surface area contributed by atoms with Gasteiger partial charge < -0.3 is 0 Å². The summed E-state index contributed by atoms with van der Waals surface area (Å²) in [6.45, 7) is 4.84. The molecule has 0 unspecified atom stereocenters. The van der Waals surface area contributed by atoms with Gasteiger partial charge in [-0.15, -0.1) is 18.3 Å². The van der Waals surface area contributed by atoms with Gasteiger partial charge in [0.15, 0.2) is 0 Å². The highest BCUT2D eigenvalue weighted by Crippen LogP contribution is 1.79. The monoisotopic (exact) mass is 90.0 g/mol. The number of terminal acetylenes is 1. The number of hydrogen-bond acceptors (Lipinski definition) is 0. The molecule has 0 aromatic rings. The summed E-state index contributed by atoms with van der Waals surface area (Å²) >= 11 is 0. The number of hydrogen-bond donors (Lipinski definition) is 0. The second-order valence-electron chi connectivity index (χ2n) is 1.03. The van der Waals surface area contributed by atoms with Crippen LogP contribution in [0.1, 0.15) is 12.8 Å². The quantitative estimate of drug-likeness (QED) is 0.334. The molecule has 0 aromatic carbocycles. The van der Waals surface area contributed by atoms with Crippen molar-refractivity contribution in [1.82, 2.24) is 0 Å². The van der Waals surface area contributed by atoms with Crippen LogP contribution in [-0.4, -0.2) is 0 Å². The van der Waals surface area contributed by atoms with Crippen LogP contribution in [0, 0.1) is 31.1 Å². The van der Waals surface area contributed by atoms with E-state index in [-0.39, 0.29) is 0 Å². The second kappa shape index (κ2) is 5.12. The van der Waals surface area contributed by atoms with Gasteiger partial charge in [-0.25, -0.2) is 0 Å². The molecule has 0 heterocycles. The standard InChI is InChI=1S/C7H6/c1-3-5-7-6-4-2/h1-2H,5,7H2. The summed E-state index contributed by atoms with van der Waals surface area (Å²) in [6, 6.07) is 0. The van der Waals surface area contributed by atoms with E-state index in [1.165, 1.54) is 0 Å². The van der Waals surface area contributed by atoms with E-state index in [9.17, 15) is 0 Å². The predicted octanol–water partition coefficient (Wildman–Crippen LogP) is 1.11. The molecule has 34 valence electrons. The Hall–Kier alpha value is -0.880. The zero-order chi connectivity index (χ0) is 5.54. The Morgan fingerprint density at radius 1 is 1.29 bits per heavy atom. The lowest BCUT2D eigenvalue weighted by atomic mass is 10.3. The van der Waals surface area contributed by atoms with E-state index < -0.39 is 0 Å². The Balaban J connectivity index is 2.98. The van der Waals surface area contributed by atoms with Crippen molar-refractivity contribution in [1.29, 1.82) is 0 Å². The van der Waals surface area contributed by atoms with Gasteiger partial charge in [0.2, 0.25) is 0 Å². The predicted molar refractivity (Wildman–Crippen MR) is 30.1 cm³/mol. The van der Waals surface area contributed by atoms with Gasteiger partial charge in [-0.1, -0.05) is 5.92 Å². The summed E-state index contributed by atoms with van der Waals surface area (Å²) in [4.78, 5) is 0. The minimum absolute atomic E-state index is 0.699. The molecule has 0 atom stereocenters. The third-order valence-corrected chi connectivity index (χ3v) is 0.496. The van der Waals surface area contributed by atoms with Crippen LogP contribution in [-0.2, 0) is 0 Å². The Labute approximate surface area is 44.9 Å². The van der Waals surface area contributed by atoms with Gasteiger partial charge in [0.25, 0.3) is 0 Å². The molecule has 0 heteroatoms. The van der Waals surface area contributed by atoms with Crippen LogP contribution >= 0.6 is 0 Å². The van der Waals surface area contributed by atoms with E-state index in [0.29, 0.717) is 12.8 Å². The molecule has 0 aliphatic carbocycles. The lowest BCUT2D eigenvalue weighted by Crippen LogP contribution is -1.60. The first kappa shape index (κ1) is 6.12. The average molecular weight is 90.1 g/mol. The van der Waals surface area contributed by atoms with Crippen LogP contribution in [0.25, 0.3) is 0 Å². The fourth-order valence-corrected chi connectivity index (χ4v) is 0.207. The van der Waals surface area contributed by atoms with Crippen molar-refractivity contribution in [3.8, 4) is 24.2 Å². The minimum atomic E-state index is 0.699. The first-order chi connectivity index (χ1) is 3.41. The second-order valence-corrected chi connectivity index (χ2v) is 1.03. The summed E-state index contributed by atoms with van der Waals surface area (Å²) in [5, 5.41) is 0. The lowest BCUT2D eigenvalue weighted by Gasteiger charge is -1.72. The molecular formula is C7H6. The summed E-state index contributed by atoms with van der Waals surface area (Å²) in [7, 11) is 0. The summed E-state index contributed by atoms with van der Waals surface area (Å²) in [6.07, 6.45) is 6.32. The molecule has 0 aliphatic rings. The third-order valence-electron chi connectivity index (χ3n) is 0.496. The summed E-state index contributed by atoms with van der Waals surface area (Å²) in [5.74, 6) is 7.34. The SMILES string of the molecule is [CH]C#CCCC#C. The maximum absolute atomic E-state index is 4.91. The molecule has 0 rings (SSSR count). The van der Waals surface area contributed by atoms with Crippen molar-refractivity contribution in [3.63, 3.8) is 0 Å². The topological polar surface area (TPSA) is 0 Å². The van der Waals surface area contributed by atoms with Crippen molar-refractivity contribution < 1.29 is 0 Å². The molecule has 7 heavy (non-hydrogen) atoms. The van der Waals surface area contributed by atoms with Gasteiger partial charge in [-0.05, 0) is 0 Å². The number of rotatable bonds is 1. The maximum Gasteiger partial charge on any atom is 0.0503 e. The third kappa shape index (κ3) is 5.12. The van der Waals surface area contributed by atoms with E-state index in [1.807, 2.05) is 0 Å². The highest BCUT2D eigenvalue weighted by molar-refractivity contribution is 5.03. The number of unbranched alkanes of at least 4 members (excludes halogenated alkanes) is 1. The normalized spacial score (nSPS) is 5.71. The van der Waals surface area contributed by atoms with Crippen LogP contribution in [0.3, 0.4) is 0 Å². The van der Waals surface area contributed by atoms with Crippen LogP contribution in [0.5, 0.6) is 0 Å². The van der Waals surface area contributed by atoms with Crippen molar-refractivity contribution in [2.24, 2.45) is 0 Å². The molecule has 0 aliphatic heterocycles. The van der Waals surface area contributed by atoms with Crippen molar-refractivity contribution >= 4 is 0 Å². The van der Waals surface area contributed by atoms with Crippen LogP contribution in [0.4, 0.5) is 0 Å². The van der Waals surface area contributed by atoms with Gasteiger partial charge in [0.1, 0.15) is 0 Å². The lowest BCUT2D eigenvalue weighted by molar-refractivity contribution is 1.12. The van der Waals surface area contributed by atoms with Gasteiger partial charge >= 0.3 is 0 Å². The summed E-state index contributed by atoms with van der Waals surface area (Å²) < 4.78 is 0. The highest BCUT2D eigenvalue weighted by Gasteiger charge is 1.67. The molecule has 0 fully saturated rings. The van der Waals surface area contributed by atoms with E-state index in [4.69, 9.17) is 13.3 Å². The zero-order valence-electron chi connectivity index (χ0n) is 4.07. The van der Waals surface area contributed by atoms with E-state index in [0.717, 1.165) is 0 Å². The van der Waals surface area contributed by atoms with Crippen LogP contribution in [0.2, 0.25) is 0 Å². The van der Waals surface area contributed by atoms with Gasteiger partial charge in [0.05, 0.1) is 6.92 Å². The van der Waals surface area contributed by atoms with Gasteiger partial charge in [-0.2, -0.15) is 0 Å².